The van der Waals surface area contributed by atoms with Crippen LogP contribution in [0.25, 0.3) is 17.5 Å². The summed E-state index contributed by atoms with van der Waals surface area (Å²) >= 11 is 12.6. The molecule has 0 saturated carbocycles. The Morgan fingerprint density at radius 1 is 0.950 bits per heavy atom. The van der Waals surface area contributed by atoms with E-state index >= 15 is 0 Å². The fraction of sp³-hybridized carbons (Fsp3) is 0.393. The summed E-state index contributed by atoms with van der Waals surface area (Å²) in [4.78, 5) is 28.3. The number of hydrogen-bond acceptors (Lipinski definition) is 7. The van der Waals surface area contributed by atoms with Gasteiger partial charge in [0.1, 0.15) is 23.2 Å². The topological polar surface area (TPSA) is 78.8 Å². The quantitative estimate of drug-likeness (QED) is 0.454. The van der Waals surface area contributed by atoms with Gasteiger partial charge in [-0.2, -0.15) is 0 Å². The Bertz CT molecular complexity index is 1390. The summed E-state index contributed by atoms with van der Waals surface area (Å²) in [6, 6.07) is 8.21. The second-order valence-electron chi connectivity index (χ2n) is 9.99. The van der Waals surface area contributed by atoms with Crippen LogP contribution in [0.4, 0.5) is 21.6 Å². The summed E-state index contributed by atoms with van der Waals surface area (Å²) in [6.07, 6.45) is 5.42. The van der Waals surface area contributed by atoms with E-state index in [1.807, 2.05) is 17.0 Å². The summed E-state index contributed by atoms with van der Waals surface area (Å²) in [5.41, 5.74) is 3.48. The maximum absolute atomic E-state index is 14.3. The van der Waals surface area contributed by atoms with Gasteiger partial charge >= 0.3 is 0 Å². The third kappa shape index (κ3) is 5.48. The molecular weight excluding hydrogens is 556 g/mol. The number of pyridine rings is 1. The zero-order chi connectivity index (χ0) is 27.6. The van der Waals surface area contributed by atoms with Crippen LogP contribution >= 0.6 is 23.2 Å². The van der Waals surface area contributed by atoms with Gasteiger partial charge in [-0.15, -0.1) is 0 Å². The number of piperazine rings is 1. The molecule has 1 amide bonds. The summed E-state index contributed by atoms with van der Waals surface area (Å²) in [6.45, 7) is 5.48. The molecule has 0 spiro atoms. The van der Waals surface area contributed by atoms with Crippen molar-refractivity contribution in [1.29, 1.82) is 0 Å². The molecule has 2 fully saturated rings. The molecule has 2 aromatic heterocycles. The second-order valence-corrected chi connectivity index (χ2v) is 10.8. The number of allylic oxidation sites excluding steroid dienone is 1. The maximum Gasteiger partial charge on any atom is 0.242 e. The highest BCUT2D eigenvalue weighted by Crippen LogP contribution is 2.35. The normalized spacial score (nSPS) is 17.5. The number of anilines is 3. The number of ether oxygens (including phenoxy) is 1. The molecule has 2 saturated heterocycles. The first-order valence-corrected chi connectivity index (χ1v) is 14.2. The molecule has 0 aliphatic carbocycles. The molecule has 3 aromatic rings. The van der Waals surface area contributed by atoms with Gasteiger partial charge in [-0.05, 0) is 12.1 Å². The molecular formula is C28H30Cl2FN7O2. The van der Waals surface area contributed by atoms with Crippen LogP contribution in [-0.2, 0) is 16.0 Å². The molecule has 40 heavy (non-hydrogen) atoms. The Hall–Kier alpha value is -3.34. The minimum atomic E-state index is -0.210. The van der Waals surface area contributed by atoms with Crippen LogP contribution in [0.15, 0.2) is 42.5 Å². The summed E-state index contributed by atoms with van der Waals surface area (Å²) in [7, 11) is 0. The number of carbonyl (C=O) groups excluding carboxylic acids is 1. The highest BCUT2D eigenvalue weighted by Gasteiger charge is 2.26. The van der Waals surface area contributed by atoms with Gasteiger partial charge in [0, 0.05) is 82.0 Å². The van der Waals surface area contributed by atoms with E-state index in [9.17, 15) is 9.18 Å². The van der Waals surface area contributed by atoms with E-state index in [-0.39, 0.29) is 18.3 Å². The highest BCUT2D eigenvalue weighted by atomic mass is 35.5. The Labute approximate surface area is 242 Å². The molecule has 6 rings (SSSR count). The van der Waals surface area contributed by atoms with Crippen molar-refractivity contribution >= 4 is 52.5 Å². The Kier molecular flexibility index (Phi) is 7.82. The molecule has 12 heteroatoms. The van der Waals surface area contributed by atoms with Crippen LogP contribution < -0.4 is 15.1 Å². The third-order valence-electron chi connectivity index (χ3n) is 7.54. The standard InChI is InChI=1S/C28H30Cl2FN7O2/c29-22-15-32-16-23(30)27(22)37-9-7-36(8-10-37)25(39)17-33-28-26(34-24-6-3-20(31)18-38(24)28)19-1-4-21(5-2-19)35-11-13-40-14-12-35/h1-2,4-5,15-16,18,33H,3,6-14,17H2. The predicted octanol–water partition coefficient (Wildman–Crippen LogP) is 4.56. The fourth-order valence-corrected chi connectivity index (χ4v) is 6.01. The van der Waals surface area contributed by atoms with Gasteiger partial charge in [-0.1, -0.05) is 35.3 Å². The van der Waals surface area contributed by atoms with Crippen LogP contribution in [0.3, 0.4) is 0 Å². The van der Waals surface area contributed by atoms with E-state index in [1.54, 1.807) is 17.0 Å². The number of imidazole rings is 1. The number of aromatic nitrogens is 3. The number of fused-ring (bicyclic) bond motifs is 1. The van der Waals surface area contributed by atoms with Gasteiger partial charge in [0.25, 0.3) is 0 Å². The lowest BCUT2D eigenvalue weighted by Crippen LogP contribution is -2.50. The molecule has 0 unspecified atom stereocenters. The van der Waals surface area contributed by atoms with Crippen LogP contribution in [0.5, 0.6) is 0 Å². The lowest BCUT2D eigenvalue weighted by molar-refractivity contribution is -0.129. The van der Waals surface area contributed by atoms with E-state index in [1.165, 1.54) is 6.20 Å². The molecule has 5 heterocycles. The largest absolute Gasteiger partial charge is 0.378 e. The Morgan fingerprint density at radius 3 is 2.35 bits per heavy atom. The molecule has 3 aliphatic heterocycles. The third-order valence-corrected chi connectivity index (χ3v) is 8.09. The van der Waals surface area contributed by atoms with E-state index in [4.69, 9.17) is 32.9 Å². The van der Waals surface area contributed by atoms with E-state index in [2.05, 4.69) is 32.2 Å². The highest BCUT2D eigenvalue weighted by molar-refractivity contribution is 6.38. The maximum atomic E-state index is 14.3. The summed E-state index contributed by atoms with van der Waals surface area (Å²) in [5, 5.41) is 4.27. The number of rotatable bonds is 6. The number of carbonyl (C=O) groups is 1. The van der Waals surface area contributed by atoms with Gasteiger partial charge in [0.2, 0.25) is 5.91 Å². The van der Waals surface area contributed by atoms with Crippen LogP contribution in [-0.4, -0.2) is 84.4 Å². The molecule has 0 radical (unpaired) electrons. The lowest BCUT2D eigenvalue weighted by atomic mass is 10.1. The molecule has 3 aliphatic rings. The number of amides is 1. The number of morpholine rings is 1. The molecule has 210 valence electrons. The van der Waals surface area contributed by atoms with Crippen LogP contribution in [0, 0.1) is 0 Å². The van der Waals surface area contributed by atoms with Gasteiger partial charge in [0.05, 0.1) is 35.5 Å². The first kappa shape index (κ1) is 26.9. The number of halogens is 3. The van der Waals surface area contributed by atoms with Crippen molar-refractivity contribution in [3.05, 3.63) is 58.4 Å². The zero-order valence-corrected chi connectivity index (χ0v) is 23.5. The minimum Gasteiger partial charge on any atom is -0.378 e. The molecule has 0 atom stereocenters. The molecule has 1 N–H and O–H groups in total. The van der Waals surface area contributed by atoms with Crippen molar-refractivity contribution in [3.63, 3.8) is 0 Å². The summed E-state index contributed by atoms with van der Waals surface area (Å²) < 4.78 is 21.5. The van der Waals surface area contributed by atoms with Crippen molar-refractivity contribution in [2.24, 2.45) is 0 Å². The SMILES string of the molecule is O=C(CNc1c(-c2ccc(N3CCOCC3)cc2)nc2n1C=C(F)CC2)N1CCN(c2c(Cl)cncc2Cl)CC1. The summed E-state index contributed by atoms with van der Waals surface area (Å²) in [5.74, 6) is 1.13. The average Bonchev–Trinajstić information content (AvgIpc) is 3.34. The second kappa shape index (κ2) is 11.6. The minimum absolute atomic E-state index is 0.0454. The van der Waals surface area contributed by atoms with Crippen molar-refractivity contribution < 1.29 is 13.9 Å². The lowest BCUT2D eigenvalue weighted by Gasteiger charge is -2.36. The smallest absolute Gasteiger partial charge is 0.242 e. The van der Waals surface area contributed by atoms with Gasteiger partial charge in [0.15, 0.2) is 0 Å². The van der Waals surface area contributed by atoms with E-state index < -0.39 is 0 Å². The van der Waals surface area contributed by atoms with E-state index in [0.717, 1.165) is 49.1 Å². The number of hydrogen-bond donors (Lipinski definition) is 1. The van der Waals surface area contributed by atoms with Crippen molar-refractivity contribution in [2.75, 3.05) is 74.1 Å². The molecule has 0 bridgehead atoms. The van der Waals surface area contributed by atoms with Crippen molar-refractivity contribution in [3.8, 4) is 11.3 Å². The van der Waals surface area contributed by atoms with Crippen LogP contribution in [0.2, 0.25) is 10.0 Å². The van der Waals surface area contributed by atoms with Gasteiger partial charge < -0.3 is 24.8 Å². The van der Waals surface area contributed by atoms with Crippen molar-refractivity contribution in [1.82, 2.24) is 19.4 Å². The zero-order valence-electron chi connectivity index (χ0n) is 22.0. The first-order chi connectivity index (χ1) is 19.5. The van der Waals surface area contributed by atoms with E-state index in [0.29, 0.717) is 60.6 Å². The van der Waals surface area contributed by atoms with Gasteiger partial charge in [-0.25, -0.2) is 9.37 Å². The molecule has 9 nitrogen and oxygen atoms in total. The Balaban J connectivity index is 1.16. The number of benzene rings is 1. The Morgan fingerprint density at radius 2 is 1.65 bits per heavy atom. The molecule has 1 aromatic carbocycles. The number of nitrogens with one attached hydrogen (secondary N) is 1. The number of nitrogens with zero attached hydrogens (tertiary/aromatic N) is 6. The van der Waals surface area contributed by atoms with Crippen LogP contribution in [0.1, 0.15) is 12.2 Å². The number of aryl methyl sites for hydroxylation is 1. The monoisotopic (exact) mass is 585 g/mol. The average molecular weight is 586 g/mol. The first-order valence-electron chi connectivity index (χ1n) is 13.4. The predicted molar refractivity (Wildman–Crippen MR) is 156 cm³/mol. The van der Waals surface area contributed by atoms with Crippen molar-refractivity contribution in [2.45, 2.75) is 12.8 Å². The fourth-order valence-electron chi connectivity index (χ4n) is 5.41. The van der Waals surface area contributed by atoms with Gasteiger partial charge in [-0.3, -0.25) is 14.3 Å².